The third-order valence-corrected chi connectivity index (χ3v) is 4.54. The number of H-pyrrole nitrogens is 1. The highest BCUT2D eigenvalue weighted by Gasteiger charge is 2.49. The number of nitrogens with zero attached hydrogens (tertiary/aromatic N) is 2. The van der Waals surface area contributed by atoms with E-state index in [2.05, 4.69) is 9.97 Å². The molecule has 5 nitrogen and oxygen atoms in total. The SMILES string of the molecule is Cc1nc2cc3c(cc2c(=O)[nH]1)N(C1CC1)C(=O)C3(C)C. The molecule has 1 aliphatic carbocycles. The number of fused-ring (bicyclic) bond motifs is 2. The van der Waals surface area contributed by atoms with E-state index in [0.29, 0.717) is 22.8 Å². The van der Waals surface area contributed by atoms with Crippen molar-refractivity contribution in [1.29, 1.82) is 0 Å². The number of hydrogen-bond acceptors (Lipinski definition) is 3. The van der Waals surface area contributed by atoms with Crippen LogP contribution in [-0.2, 0) is 10.2 Å². The summed E-state index contributed by atoms with van der Waals surface area (Å²) >= 11 is 0. The maximum absolute atomic E-state index is 12.7. The van der Waals surface area contributed by atoms with E-state index in [1.165, 1.54) is 0 Å². The molecule has 21 heavy (non-hydrogen) atoms. The fourth-order valence-electron chi connectivity index (χ4n) is 3.21. The molecule has 0 atom stereocenters. The molecule has 0 unspecified atom stereocenters. The summed E-state index contributed by atoms with van der Waals surface area (Å²) in [5.74, 6) is 0.720. The average molecular weight is 283 g/mol. The Bertz CT molecular complexity index is 846. The number of hydrogen-bond donors (Lipinski definition) is 1. The van der Waals surface area contributed by atoms with Crippen molar-refractivity contribution >= 4 is 22.5 Å². The van der Waals surface area contributed by atoms with Crippen molar-refractivity contribution in [3.8, 4) is 0 Å². The zero-order chi connectivity index (χ0) is 14.9. The number of amides is 1. The van der Waals surface area contributed by atoms with E-state index in [1.54, 1.807) is 6.92 Å². The quantitative estimate of drug-likeness (QED) is 0.870. The van der Waals surface area contributed by atoms with Crippen LogP contribution < -0.4 is 10.5 Å². The predicted octanol–water partition coefficient (Wildman–Crippen LogP) is 2.02. The van der Waals surface area contributed by atoms with Gasteiger partial charge in [-0.1, -0.05) is 0 Å². The lowest BCUT2D eigenvalue weighted by atomic mass is 9.86. The monoisotopic (exact) mass is 283 g/mol. The van der Waals surface area contributed by atoms with E-state index < -0.39 is 5.41 Å². The Hall–Kier alpha value is -2.17. The average Bonchev–Trinajstić information content (AvgIpc) is 3.20. The van der Waals surface area contributed by atoms with Crippen LogP contribution in [0.4, 0.5) is 5.69 Å². The van der Waals surface area contributed by atoms with Crippen LogP contribution in [0.25, 0.3) is 10.9 Å². The lowest BCUT2D eigenvalue weighted by Gasteiger charge is -2.19. The van der Waals surface area contributed by atoms with Crippen LogP contribution in [0.2, 0.25) is 0 Å². The van der Waals surface area contributed by atoms with E-state index in [-0.39, 0.29) is 11.5 Å². The minimum Gasteiger partial charge on any atom is -0.310 e. The van der Waals surface area contributed by atoms with Crippen LogP contribution in [0.3, 0.4) is 0 Å². The molecule has 1 aromatic heterocycles. The lowest BCUT2D eigenvalue weighted by Crippen LogP contribution is -2.37. The fourth-order valence-corrected chi connectivity index (χ4v) is 3.21. The Balaban J connectivity index is 2.06. The van der Waals surface area contributed by atoms with E-state index in [4.69, 9.17) is 0 Å². The third kappa shape index (κ3) is 1.60. The highest BCUT2D eigenvalue weighted by Crippen LogP contribution is 2.47. The minimum atomic E-state index is -0.551. The second kappa shape index (κ2) is 3.72. The topological polar surface area (TPSA) is 66.1 Å². The van der Waals surface area contributed by atoms with Gasteiger partial charge in [-0.3, -0.25) is 9.59 Å². The normalized spacial score (nSPS) is 20.1. The van der Waals surface area contributed by atoms with Gasteiger partial charge in [0, 0.05) is 11.7 Å². The van der Waals surface area contributed by atoms with Crippen LogP contribution in [0.1, 0.15) is 38.1 Å². The molecule has 0 spiro atoms. The van der Waals surface area contributed by atoms with Crippen LogP contribution >= 0.6 is 0 Å². The van der Waals surface area contributed by atoms with Gasteiger partial charge in [0.25, 0.3) is 5.56 Å². The molecular formula is C16H17N3O2. The molecule has 1 fully saturated rings. The molecule has 1 amide bonds. The molecule has 1 N–H and O–H groups in total. The molecule has 0 bridgehead atoms. The molecule has 4 rings (SSSR count). The maximum atomic E-state index is 12.7. The number of benzene rings is 1. The molecule has 1 aromatic carbocycles. The second-order valence-corrected chi connectivity index (χ2v) is 6.57. The molecule has 0 radical (unpaired) electrons. The Morgan fingerprint density at radius 1 is 1.29 bits per heavy atom. The molecule has 2 heterocycles. The third-order valence-electron chi connectivity index (χ3n) is 4.54. The first-order valence-electron chi connectivity index (χ1n) is 7.28. The number of nitrogens with one attached hydrogen (secondary N) is 1. The van der Waals surface area contributed by atoms with Crippen LogP contribution in [0.5, 0.6) is 0 Å². The largest absolute Gasteiger partial charge is 0.310 e. The Labute approximate surface area is 122 Å². The molecule has 0 saturated heterocycles. The van der Waals surface area contributed by atoms with E-state index in [9.17, 15) is 9.59 Å². The summed E-state index contributed by atoms with van der Waals surface area (Å²) in [6, 6.07) is 4.04. The summed E-state index contributed by atoms with van der Waals surface area (Å²) in [5, 5.41) is 0.551. The van der Waals surface area contributed by atoms with Gasteiger partial charge in [-0.2, -0.15) is 0 Å². The van der Waals surface area contributed by atoms with Gasteiger partial charge in [-0.05, 0) is 51.3 Å². The van der Waals surface area contributed by atoms with Crippen LogP contribution in [-0.4, -0.2) is 21.9 Å². The molecule has 2 aliphatic rings. The van der Waals surface area contributed by atoms with Crippen molar-refractivity contribution in [2.75, 3.05) is 4.90 Å². The van der Waals surface area contributed by atoms with Crippen molar-refractivity contribution in [2.45, 2.75) is 45.1 Å². The van der Waals surface area contributed by atoms with Gasteiger partial charge in [0.05, 0.1) is 16.3 Å². The van der Waals surface area contributed by atoms with Gasteiger partial charge >= 0.3 is 0 Å². The highest BCUT2D eigenvalue weighted by molar-refractivity contribution is 6.10. The van der Waals surface area contributed by atoms with Crippen molar-refractivity contribution in [3.63, 3.8) is 0 Å². The fraction of sp³-hybridized carbons (Fsp3) is 0.438. The van der Waals surface area contributed by atoms with Gasteiger partial charge in [0.1, 0.15) is 5.82 Å². The highest BCUT2D eigenvalue weighted by atomic mass is 16.2. The Morgan fingerprint density at radius 2 is 2.00 bits per heavy atom. The molecule has 1 aliphatic heterocycles. The number of rotatable bonds is 1. The summed E-state index contributed by atoms with van der Waals surface area (Å²) in [4.78, 5) is 33.9. The van der Waals surface area contributed by atoms with Gasteiger partial charge in [0.2, 0.25) is 5.91 Å². The number of carbonyl (C=O) groups excluding carboxylic acids is 1. The van der Waals surface area contributed by atoms with Crippen molar-refractivity contribution in [3.05, 3.63) is 33.9 Å². The number of aryl methyl sites for hydroxylation is 1. The zero-order valence-corrected chi connectivity index (χ0v) is 12.4. The molecular weight excluding hydrogens is 266 g/mol. The molecule has 5 heteroatoms. The van der Waals surface area contributed by atoms with Gasteiger partial charge in [-0.25, -0.2) is 4.98 Å². The maximum Gasteiger partial charge on any atom is 0.258 e. The van der Waals surface area contributed by atoms with Crippen molar-refractivity contribution in [1.82, 2.24) is 9.97 Å². The molecule has 2 aromatic rings. The first kappa shape index (κ1) is 12.6. The number of aromatic amines is 1. The number of carbonyl (C=O) groups is 1. The second-order valence-electron chi connectivity index (χ2n) is 6.57. The van der Waals surface area contributed by atoms with Gasteiger partial charge in [-0.15, -0.1) is 0 Å². The van der Waals surface area contributed by atoms with E-state index in [0.717, 1.165) is 24.1 Å². The number of aromatic nitrogens is 2. The van der Waals surface area contributed by atoms with Crippen molar-refractivity contribution < 1.29 is 4.79 Å². The first-order chi connectivity index (χ1) is 9.89. The van der Waals surface area contributed by atoms with Crippen LogP contribution in [0.15, 0.2) is 16.9 Å². The predicted molar refractivity (Wildman–Crippen MR) is 80.6 cm³/mol. The zero-order valence-electron chi connectivity index (χ0n) is 12.4. The molecule has 108 valence electrons. The van der Waals surface area contributed by atoms with Crippen molar-refractivity contribution in [2.24, 2.45) is 0 Å². The van der Waals surface area contributed by atoms with Gasteiger partial charge < -0.3 is 9.88 Å². The smallest absolute Gasteiger partial charge is 0.258 e. The van der Waals surface area contributed by atoms with Crippen LogP contribution in [0, 0.1) is 6.92 Å². The summed E-state index contributed by atoms with van der Waals surface area (Å²) in [6.07, 6.45) is 2.09. The summed E-state index contributed by atoms with van der Waals surface area (Å²) in [7, 11) is 0. The summed E-state index contributed by atoms with van der Waals surface area (Å²) in [6.45, 7) is 5.66. The lowest BCUT2D eigenvalue weighted by molar-refractivity contribution is -0.122. The Kier molecular flexibility index (Phi) is 2.23. The first-order valence-corrected chi connectivity index (χ1v) is 7.28. The van der Waals surface area contributed by atoms with E-state index >= 15 is 0 Å². The standard InChI is InChI=1S/C16H17N3O2/c1-8-17-12-7-11-13(6-10(12)14(20)18-8)19(9-4-5-9)15(21)16(11,2)3/h6-7,9H,4-5H2,1-3H3,(H,17,18,20). The van der Waals surface area contributed by atoms with Gasteiger partial charge in [0.15, 0.2) is 0 Å². The molecule has 1 saturated carbocycles. The summed E-state index contributed by atoms with van der Waals surface area (Å²) < 4.78 is 0. The summed E-state index contributed by atoms with van der Waals surface area (Å²) in [5.41, 5.74) is 1.83. The van der Waals surface area contributed by atoms with E-state index in [1.807, 2.05) is 30.9 Å². The Morgan fingerprint density at radius 3 is 2.67 bits per heavy atom. The number of anilines is 1. The minimum absolute atomic E-state index is 0.128.